The summed E-state index contributed by atoms with van der Waals surface area (Å²) in [5, 5.41) is 0. The molecule has 0 amide bonds. The van der Waals surface area contributed by atoms with E-state index < -0.39 is 8.32 Å². The van der Waals surface area contributed by atoms with Gasteiger partial charge in [0.1, 0.15) is 0 Å². The summed E-state index contributed by atoms with van der Waals surface area (Å²) in [6.07, 6.45) is 0.0880. The molecule has 2 aromatic carbocycles. The highest BCUT2D eigenvalue weighted by atomic mass is 28.4. The highest BCUT2D eigenvalue weighted by Gasteiger charge is 2.50. The average molecular weight is 421 g/mol. The smallest absolute Gasteiger partial charge is 0.201 e. The van der Waals surface area contributed by atoms with E-state index in [9.17, 15) is 0 Å². The first-order valence-electron chi connectivity index (χ1n) is 11.5. The van der Waals surface area contributed by atoms with E-state index in [2.05, 4.69) is 96.1 Å². The molecule has 160 valence electrons. The number of hydrogen-bond acceptors (Lipinski definition) is 2. The third-order valence-electron chi connectivity index (χ3n) is 7.33. The first-order valence-corrected chi connectivity index (χ1v) is 13.6. The van der Waals surface area contributed by atoms with Gasteiger partial charge in [-0.15, -0.1) is 0 Å². The van der Waals surface area contributed by atoms with Crippen LogP contribution in [0.1, 0.15) is 64.3 Å². The van der Waals surface area contributed by atoms with Crippen molar-refractivity contribution in [2.75, 3.05) is 13.2 Å². The largest absolute Gasteiger partial charge is 0.408 e. The average Bonchev–Trinajstić information content (AvgIpc) is 3.20. The summed E-state index contributed by atoms with van der Waals surface area (Å²) < 4.78 is 13.5. The molecule has 1 fully saturated rings. The zero-order valence-corrected chi connectivity index (χ0v) is 20.3. The molecular weight excluding hydrogens is 384 g/mol. The van der Waals surface area contributed by atoms with Crippen molar-refractivity contribution >= 4 is 13.9 Å². The van der Waals surface area contributed by atoms with E-state index in [1.165, 1.54) is 27.8 Å². The molecule has 1 saturated heterocycles. The molecule has 0 spiro atoms. The van der Waals surface area contributed by atoms with E-state index in [0.717, 1.165) is 6.61 Å². The molecule has 0 N–H and O–H groups in total. The molecule has 30 heavy (non-hydrogen) atoms. The van der Waals surface area contributed by atoms with Gasteiger partial charge in [-0.2, -0.15) is 0 Å². The second kappa shape index (κ2) is 8.45. The molecule has 1 heterocycles. The van der Waals surface area contributed by atoms with E-state index in [1.54, 1.807) is 0 Å². The van der Waals surface area contributed by atoms with E-state index in [4.69, 9.17) is 9.16 Å². The fourth-order valence-corrected chi connectivity index (χ4v) is 11.7. The summed E-state index contributed by atoms with van der Waals surface area (Å²) in [6, 6.07) is 19.7. The molecule has 1 aliphatic heterocycles. The van der Waals surface area contributed by atoms with Crippen molar-refractivity contribution in [3.63, 3.8) is 0 Å². The maximum Gasteiger partial charge on any atom is 0.201 e. The van der Waals surface area contributed by atoms with Crippen molar-refractivity contribution in [1.82, 2.24) is 0 Å². The number of ether oxygens (including phenoxy) is 1. The van der Waals surface area contributed by atoms with Gasteiger partial charge in [0, 0.05) is 5.92 Å². The Balaban J connectivity index is 1.87. The molecule has 2 aliphatic rings. The minimum atomic E-state index is -2.02. The highest BCUT2D eigenvalue weighted by molar-refractivity contribution is 6.77. The van der Waals surface area contributed by atoms with Crippen molar-refractivity contribution in [2.24, 2.45) is 5.92 Å². The van der Waals surface area contributed by atoms with Crippen molar-refractivity contribution in [3.05, 3.63) is 76.9 Å². The molecule has 0 bridgehead atoms. The van der Waals surface area contributed by atoms with Gasteiger partial charge in [-0.25, -0.2) is 0 Å². The Morgan fingerprint density at radius 2 is 1.43 bits per heavy atom. The van der Waals surface area contributed by atoms with Crippen LogP contribution in [0, 0.1) is 5.92 Å². The van der Waals surface area contributed by atoms with E-state index >= 15 is 0 Å². The van der Waals surface area contributed by atoms with Crippen molar-refractivity contribution in [2.45, 2.75) is 64.3 Å². The maximum absolute atomic E-state index is 7.41. The molecule has 0 unspecified atom stereocenters. The van der Waals surface area contributed by atoms with Gasteiger partial charge in [0.25, 0.3) is 0 Å². The SMILES string of the molecule is CC(C)[Si](O[C@@H]1c2ccccc2C(c2ccccc2)=C2COC[C@H]21)(C(C)C)C(C)C. The molecule has 3 heteroatoms. The van der Waals surface area contributed by atoms with Crippen LogP contribution in [0.5, 0.6) is 0 Å². The number of fused-ring (bicyclic) bond motifs is 2. The predicted octanol–water partition coefficient (Wildman–Crippen LogP) is 7.38. The first kappa shape index (κ1) is 21.5. The lowest BCUT2D eigenvalue weighted by Crippen LogP contribution is -2.50. The van der Waals surface area contributed by atoms with Crippen LogP contribution in [-0.2, 0) is 9.16 Å². The minimum absolute atomic E-state index is 0.0880. The Kier molecular flexibility index (Phi) is 6.07. The molecule has 2 aromatic rings. The standard InChI is InChI=1S/C27H36O2Si/c1-18(2)30(19(3)4,20(5)6)29-27-23-15-11-10-14-22(23)26(21-12-8-7-9-13-21)24-16-28-17-25(24)27/h7-15,18-20,25,27H,16-17H2,1-6H3/t25-,27-/m1/s1. The van der Waals surface area contributed by atoms with Gasteiger partial charge >= 0.3 is 0 Å². The Hall–Kier alpha value is -1.68. The van der Waals surface area contributed by atoms with Crippen LogP contribution >= 0.6 is 0 Å². The van der Waals surface area contributed by atoms with E-state index in [0.29, 0.717) is 29.1 Å². The zero-order valence-electron chi connectivity index (χ0n) is 19.3. The van der Waals surface area contributed by atoms with Crippen molar-refractivity contribution < 1.29 is 9.16 Å². The number of benzene rings is 2. The maximum atomic E-state index is 7.41. The molecule has 2 nitrogen and oxygen atoms in total. The Bertz CT molecular complexity index is 892. The highest BCUT2D eigenvalue weighted by Crippen LogP contribution is 2.53. The lowest BCUT2D eigenvalue weighted by molar-refractivity contribution is 0.0991. The Labute approximate surface area is 183 Å². The molecule has 2 atom stereocenters. The van der Waals surface area contributed by atoms with E-state index in [-0.39, 0.29) is 6.10 Å². The first-order chi connectivity index (χ1) is 14.4. The number of hydrogen-bond donors (Lipinski definition) is 0. The van der Waals surface area contributed by atoms with Crippen molar-refractivity contribution in [3.8, 4) is 0 Å². The normalized spacial score (nSPS) is 21.5. The van der Waals surface area contributed by atoms with Gasteiger partial charge in [0.2, 0.25) is 8.32 Å². The fourth-order valence-electron chi connectivity index (χ4n) is 6.11. The third kappa shape index (κ3) is 3.41. The topological polar surface area (TPSA) is 18.5 Å². The van der Waals surface area contributed by atoms with Gasteiger partial charge in [0.05, 0.1) is 19.3 Å². The molecular formula is C27H36O2Si. The fraction of sp³-hybridized carbons (Fsp3) is 0.481. The van der Waals surface area contributed by atoms with Crippen LogP contribution in [0.3, 0.4) is 0 Å². The quantitative estimate of drug-likeness (QED) is 0.454. The molecule has 0 saturated carbocycles. The molecule has 0 radical (unpaired) electrons. The summed E-state index contributed by atoms with van der Waals surface area (Å²) in [5.41, 5.74) is 8.43. The van der Waals surface area contributed by atoms with E-state index in [1.807, 2.05) is 0 Å². The second-order valence-corrected chi connectivity index (χ2v) is 15.2. The summed E-state index contributed by atoms with van der Waals surface area (Å²) in [5.74, 6) is 0.304. The summed E-state index contributed by atoms with van der Waals surface area (Å²) >= 11 is 0. The van der Waals surface area contributed by atoms with Crippen LogP contribution in [-0.4, -0.2) is 21.5 Å². The van der Waals surface area contributed by atoms with Gasteiger partial charge in [-0.3, -0.25) is 0 Å². The summed E-state index contributed by atoms with van der Waals surface area (Å²) in [7, 11) is -2.02. The Morgan fingerprint density at radius 3 is 2.07 bits per heavy atom. The van der Waals surface area contributed by atoms with Gasteiger partial charge in [-0.05, 0) is 44.5 Å². The van der Waals surface area contributed by atoms with Crippen LogP contribution in [0.4, 0.5) is 0 Å². The monoisotopic (exact) mass is 420 g/mol. The summed E-state index contributed by atoms with van der Waals surface area (Å²) in [4.78, 5) is 0. The summed E-state index contributed by atoms with van der Waals surface area (Å²) in [6.45, 7) is 15.7. The zero-order chi connectivity index (χ0) is 21.5. The van der Waals surface area contributed by atoms with Crippen LogP contribution in [0.2, 0.25) is 16.6 Å². The van der Waals surface area contributed by atoms with Crippen LogP contribution in [0.15, 0.2) is 60.2 Å². The van der Waals surface area contributed by atoms with Gasteiger partial charge < -0.3 is 9.16 Å². The second-order valence-electron chi connectivity index (χ2n) is 9.83. The molecule has 1 aliphatic carbocycles. The minimum Gasteiger partial charge on any atom is -0.408 e. The van der Waals surface area contributed by atoms with Gasteiger partial charge in [0.15, 0.2) is 0 Å². The molecule has 0 aromatic heterocycles. The molecule has 4 rings (SSSR count). The lowest BCUT2D eigenvalue weighted by Gasteiger charge is -2.47. The predicted molar refractivity (Wildman–Crippen MR) is 128 cm³/mol. The van der Waals surface area contributed by atoms with Crippen LogP contribution in [0.25, 0.3) is 5.57 Å². The van der Waals surface area contributed by atoms with Gasteiger partial charge in [-0.1, -0.05) is 96.1 Å². The lowest BCUT2D eigenvalue weighted by atomic mass is 9.76. The Morgan fingerprint density at radius 1 is 0.833 bits per heavy atom. The third-order valence-corrected chi connectivity index (χ3v) is 13.4. The number of rotatable bonds is 6. The van der Waals surface area contributed by atoms with Crippen molar-refractivity contribution in [1.29, 1.82) is 0 Å². The van der Waals surface area contributed by atoms with Crippen LogP contribution < -0.4 is 0 Å².